The Morgan fingerprint density at radius 3 is 2.43 bits per heavy atom. The van der Waals surface area contributed by atoms with Crippen molar-refractivity contribution >= 4 is 5.78 Å². The molecule has 23 heavy (non-hydrogen) atoms. The molecule has 0 unspecified atom stereocenters. The zero-order valence-electron chi connectivity index (χ0n) is 13.2. The Bertz CT molecular complexity index is 597. The fourth-order valence-corrected chi connectivity index (χ4v) is 2.13. The molecule has 0 amide bonds. The SMILES string of the molecule is COc1ccc(CCC(=O)C2=CC[C-]=C2)cc1.[C-]1=CC=CC1.[Fe+2]. The topological polar surface area (TPSA) is 26.3 Å². The minimum absolute atomic E-state index is 0. The van der Waals surface area contributed by atoms with Crippen LogP contribution in [0.15, 0.2) is 60.2 Å². The molecule has 0 atom stereocenters. The van der Waals surface area contributed by atoms with Crippen LogP contribution in [0.1, 0.15) is 24.8 Å². The maximum atomic E-state index is 11.8. The van der Waals surface area contributed by atoms with Crippen molar-refractivity contribution in [1.82, 2.24) is 0 Å². The summed E-state index contributed by atoms with van der Waals surface area (Å²) in [7, 11) is 1.65. The molecular formula is C20H20FeO2. The van der Waals surface area contributed by atoms with Gasteiger partial charge in [0.15, 0.2) is 0 Å². The molecule has 0 fully saturated rings. The Morgan fingerprint density at radius 2 is 1.96 bits per heavy atom. The summed E-state index contributed by atoms with van der Waals surface area (Å²) in [5.41, 5.74) is 1.96. The van der Waals surface area contributed by atoms with Crippen LogP contribution in [0.5, 0.6) is 5.75 Å². The molecule has 3 rings (SSSR count). The molecule has 2 nitrogen and oxygen atoms in total. The first kappa shape index (κ1) is 19.2. The first-order chi connectivity index (χ1) is 10.8. The summed E-state index contributed by atoms with van der Waals surface area (Å²) in [5, 5.41) is 0. The van der Waals surface area contributed by atoms with Gasteiger partial charge < -0.3 is 9.53 Å². The van der Waals surface area contributed by atoms with Crippen molar-refractivity contribution in [3.05, 3.63) is 77.9 Å². The average Bonchev–Trinajstić information content (AvgIpc) is 3.28. The van der Waals surface area contributed by atoms with Crippen molar-refractivity contribution in [2.45, 2.75) is 25.7 Å². The standard InChI is InChI=1S/C15H15O2.C5H5.Fe/c1-17-14-9-6-12(7-10-14)8-11-15(16)13-4-2-3-5-13;1-2-4-5-3-1;/h4-7,9-10H,2,8,11H2,1H3;1-3H,4H2;/q2*-1;+2. The van der Waals surface area contributed by atoms with Crippen molar-refractivity contribution in [3.63, 3.8) is 0 Å². The third kappa shape index (κ3) is 6.85. The normalized spacial score (nSPS) is 13.9. The second-order valence-corrected chi connectivity index (χ2v) is 4.99. The second kappa shape index (κ2) is 10.8. The smallest absolute Gasteiger partial charge is 0.497 e. The molecule has 0 spiro atoms. The van der Waals surface area contributed by atoms with Gasteiger partial charge in [0.25, 0.3) is 0 Å². The zero-order chi connectivity index (χ0) is 15.6. The molecule has 0 aromatic heterocycles. The van der Waals surface area contributed by atoms with Crippen LogP contribution in [0, 0.1) is 12.2 Å². The van der Waals surface area contributed by atoms with Crippen molar-refractivity contribution in [3.8, 4) is 5.75 Å². The van der Waals surface area contributed by atoms with Crippen LogP contribution in [-0.4, -0.2) is 12.9 Å². The maximum Gasteiger partial charge on any atom is 2.00 e. The number of benzene rings is 1. The monoisotopic (exact) mass is 348 g/mol. The van der Waals surface area contributed by atoms with Crippen LogP contribution in [0.3, 0.4) is 0 Å². The number of Topliss-reactive ketones (excluding diaryl/α,β-unsaturated/α-hetero) is 1. The van der Waals surface area contributed by atoms with Gasteiger partial charge in [0.2, 0.25) is 0 Å². The molecule has 0 saturated carbocycles. The van der Waals surface area contributed by atoms with E-state index in [0.29, 0.717) is 6.42 Å². The molecule has 0 bridgehead atoms. The summed E-state index contributed by atoms with van der Waals surface area (Å²) in [5.74, 6) is 1.04. The summed E-state index contributed by atoms with van der Waals surface area (Å²) in [4.78, 5) is 11.8. The second-order valence-electron chi connectivity index (χ2n) is 4.99. The van der Waals surface area contributed by atoms with Crippen molar-refractivity contribution < 1.29 is 26.6 Å². The Kier molecular flexibility index (Phi) is 9.04. The van der Waals surface area contributed by atoms with Crippen LogP contribution < -0.4 is 4.74 Å². The van der Waals surface area contributed by atoms with Gasteiger partial charge in [-0.2, -0.15) is 12.2 Å². The van der Waals surface area contributed by atoms with Crippen molar-refractivity contribution in [1.29, 1.82) is 0 Å². The van der Waals surface area contributed by atoms with Gasteiger partial charge in [0.05, 0.1) is 12.9 Å². The van der Waals surface area contributed by atoms with Crippen LogP contribution in [0.4, 0.5) is 0 Å². The third-order valence-electron chi connectivity index (χ3n) is 3.41. The molecule has 120 valence electrons. The average molecular weight is 348 g/mol. The number of hydrogen-bond donors (Lipinski definition) is 0. The van der Waals surface area contributed by atoms with E-state index in [1.807, 2.05) is 42.5 Å². The Labute approximate surface area is 149 Å². The number of carbonyl (C=O) groups is 1. The molecule has 0 radical (unpaired) electrons. The molecule has 2 aliphatic carbocycles. The number of allylic oxidation sites excluding steroid dienone is 8. The molecular weight excluding hydrogens is 328 g/mol. The quantitative estimate of drug-likeness (QED) is 0.589. The number of hydrogen-bond acceptors (Lipinski definition) is 2. The van der Waals surface area contributed by atoms with E-state index >= 15 is 0 Å². The summed E-state index contributed by atoms with van der Waals surface area (Å²) in [6.45, 7) is 0. The number of ether oxygens (including phenoxy) is 1. The van der Waals surface area contributed by atoms with Crippen molar-refractivity contribution in [2.75, 3.05) is 7.11 Å². The van der Waals surface area contributed by atoms with Gasteiger partial charge in [-0.25, -0.2) is 18.2 Å². The largest absolute Gasteiger partial charge is 2.00 e. The summed E-state index contributed by atoms with van der Waals surface area (Å²) >= 11 is 0. The fraction of sp³-hybridized carbons (Fsp3) is 0.250. The number of ketones is 1. The molecule has 1 aromatic rings. The first-order valence-corrected chi connectivity index (χ1v) is 7.44. The van der Waals surface area contributed by atoms with E-state index in [2.05, 4.69) is 18.2 Å². The summed E-state index contributed by atoms with van der Waals surface area (Å²) in [6.07, 6.45) is 18.8. The molecule has 0 saturated heterocycles. The van der Waals surface area contributed by atoms with Gasteiger partial charge in [-0.15, -0.1) is 18.4 Å². The van der Waals surface area contributed by atoms with E-state index in [1.54, 1.807) is 13.2 Å². The number of aryl methyl sites for hydroxylation is 1. The molecule has 0 N–H and O–H groups in total. The maximum absolute atomic E-state index is 11.8. The van der Waals surface area contributed by atoms with Gasteiger partial charge >= 0.3 is 17.1 Å². The van der Waals surface area contributed by atoms with Crippen LogP contribution in [0.2, 0.25) is 0 Å². The predicted octanol–water partition coefficient (Wildman–Crippen LogP) is 4.19. The van der Waals surface area contributed by atoms with E-state index in [9.17, 15) is 4.79 Å². The van der Waals surface area contributed by atoms with E-state index < -0.39 is 0 Å². The van der Waals surface area contributed by atoms with Gasteiger partial charge in [-0.05, 0) is 30.5 Å². The zero-order valence-corrected chi connectivity index (χ0v) is 14.3. The Balaban J connectivity index is 0.000000377. The van der Waals surface area contributed by atoms with Crippen LogP contribution in [-0.2, 0) is 28.3 Å². The molecule has 3 heteroatoms. The van der Waals surface area contributed by atoms with Gasteiger partial charge in [0.1, 0.15) is 5.75 Å². The van der Waals surface area contributed by atoms with E-state index in [-0.39, 0.29) is 22.9 Å². The molecule has 1 aromatic carbocycles. The van der Waals surface area contributed by atoms with E-state index in [0.717, 1.165) is 36.1 Å². The molecule has 0 heterocycles. The number of rotatable bonds is 5. The van der Waals surface area contributed by atoms with Gasteiger partial charge in [0, 0.05) is 0 Å². The number of carbonyl (C=O) groups excluding carboxylic acids is 1. The van der Waals surface area contributed by atoms with Gasteiger partial charge in [-0.1, -0.05) is 12.1 Å². The minimum Gasteiger partial charge on any atom is -0.497 e. The van der Waals surface area contributed by atoms with Crippen molar-refractivity contribution in [2.24, 2.45) is 0 Å². The van der Waals surface area contributed by atoms with E-state index in [4.69, 9.17) is 4.74 Å². The first-order valence-electron chi connectivity index (χ1n) is 7.44. The third-order valence-corrected chi connectivity index (χ3v) is 3.41. The summed E-state index contributed by atoms with van der Waals surface area (Å²) in [6, 6.07) is 7.83. The predicted molar refractivity (Wildman–Crippen MR) is 88.4 cm³/mol. The molecule has 2 aliphatic rings. The summed E-state index contributed by atoms with van der Waals surface area (Å²) < 4.78 is 5.09. The molecule has 0 aliphatic heterocycles. The van der Waals surface area contributed by atoms with Gasteiger partial charge in [-0.3, -0.25) is 12.2 Å². The van der Waals surface area contributed by atoms with Crippen LogP contribution in [0.25, 0.3) is 0 Å². The minimum atomic E-state index is 0. The van der Waals surface area contributed by atoms with E-state index in [1.165, 1.54) is 0 Å². The Hall–Kier alpha value is -1.83. The number of methoxy groups -OCH3 is 1. The Morgan fingerprint density at radius 1 is 1.17 bits per heavy atom. The fourth-order valence-electron chi connectivity index (χ4n) is 2.13. The van der Waals surface area contributed by atoms with Crippen LogP contribution >= 0.6 is 0 Å².